The molecule has 1 aliphatic rings. The second kappa shape index (κ2) is 7.96. The minimum absolute atomic E-state index is 0.0205. The molecule has 0 unspecified atom stereocenters. The van der Waals surface area contributed by atoms with E-state index in [9.17, 15) is 9.60 Å². The molecule has 0 spiro atoms. The van der Waals surface area contributed by atoms with Gasteiger partial charge in [-0.3, -0.25) is 4.99 Å². The van der Waals surface area contributed by atoms with E-state index in [0.29, 0.717) is 35.5 Å². The molecule has 0 aliphatic carbocycles. The molecule has 0 amide bonds. The Morgan fingerprint density at radius 1 is 1.38 bits per heavy atom. The second-order valence-electron chi connectivity index (χ2n) is 6.46. The smallest absolute Gasteiger partial charge is 0.248 e. The van der Waals surface area contributed by atoms with Crippen LogP contribution >= 0.6 is 11.6 Å². The van der Waals surface area contributed by atoms with Gasteiger partial charge in [-0.1, -0.05) is 28.0 Å². The van der Waals surface area contributed by atoms with Crippen LogP contribution in [-0.4, -0.2) is 31.9 Å². The summed E-state index contributed by atoms with van der Waals surface area (Å²) in [5, 5.41) is 20.0. The van der Waals surface area contributed by atoms with E-state index in [2.05, 4.69) is 30.6 Å². The lowest BCUT2D eigenvalue weighted by Crippen LogP contribution is -2.09. The average Bonchev–Trinajstić information content (AvgIpc) is 3.32. The van der Waals surface area contributed by atoms with Crippen LogP contribution in [0, 0.1) is 12.7 Å². The number of aryl methyl sites for hydroxylation is 1. The number of aliphatic imine (C=N–C) groups is 1. The van der Waals surface area contributed by atoms with Crippen LogP contribution in [0.15, 0.2) is 45.1 Å². The minimum atomic E-state index is -0.496. The predicted octanol–water partition coefficient (Wildman–Crippen LogP) is 3.55. The average molecular weight is 415 g/mol. The van der Waals surface area contributed by atoms with Crippen molar-refractivity contribution in [1.82, 2.24) is 15.1 Å². The number of nitrogens with zero attached hydrogens (tertiary/aromatic N) is 5. The first-order valence-corrected chi connectivity index (χ1v) is 9.14. The molecule has 2 aromatic heterocycles. The molecular weight excluding hydrogens is 399 g/mol. The second-order valence-corrected chi connectivity index (χ2v) is 6.86. The Morgan fingerprint density at radius 2 is 2.24 bits per heavy atom. The molecule has 1 aliphatic heterocycles. The first-order chi connectivity index (χ1) is 14.0. The Kier molecular flexibility index (Phi) is 5.22. The first kappa shape index (κ1) is 19.0. The Morgan fingerprint density at radius 3 is 2.97 bits per heavy atom. The van der Waals surface area contributed by atoms with Gasteiger partial charge in [-0.2, -0.15) is 4.98 Å². The highest BCUT2D eigenvalue weighted by atomic mass is 35.5. The molecule has 0 radical (unpaired) electrons. The maximum Gasteiger partial charge on any atom is 0.248 e. The van der Waals surface area contributed by atoms with E-state index in [-0.39, 0.29) is 18.0 Å². The lowest BCUT2D eigenvalue weighted by molar-refractivity contribution is 0.318. The van der Waals surface area contributed by atoms with Crippen molar-refractivity contribution >= 4 is 29.0 Å². The fraction of sp³-hybridized carbons (Fsp3) is 0.211. The molecule has 29 heavy (non-hydrogen) atoms. The van der Waals surface area contributed by atoms with Gasteiger partial charge < -0.3 is 15.0 Å². The van der Waals surface area contributed by atoms with Crippen LogP contribution in [0.25, 0.3) is 0 Å². The number of benzene rings is 1. The van der Waals surface area contributed by atoms with Crippen molar-refractivity contribution in [1.29, 1.82) is 0 Å². The molecule has 3 aromatic rings. The molecule has 4 rings (SSSR count). The standard InChI is InChI=1S/C19H16ClFN6O2/c1-10-24-18(29-27-10)9-23-17-8-13-12(4-5-22-19(13)25-17)16(26-28)7-11-2-3-15(21)14(20)6-11/h2-6,28H,7-9H2,1H3,(H,22,23,25)/b26-16+. The summed E-state index contributed by atoms with van der Waals surface area (Å²) in [4.78, 5) is 12.9. The highest BCUT2D eigenvalue weighted by Crippen LogP contribution is 2.27. The zero-order chi connectivity index (χ0) is 20.4. The summed E-state index contributed by atoms with van der Waals surface area (Å²) in [6.45, 7) is 1.99. The van der Waals surface area contributed by atoms with Crippen LogP contribution in [0.1, 0.15) is 28.4 Å². The summed E-state index contributed by atoms with van der Waals surface area (Å²) < 4.78 is 18.5. The van der Waals surface area contributed by atoms with E-state index < -0.39 is 5.82 Å². The van der Waals surface area contributed by atoms with Crippen molar-refractivity contribution in [3.8, 4) is 0 Å². The Bertz CT molecular complexity index is 1130. The normalized spacial score (nSPS) is 14.9. The summed E-state index contributed by atoms with van der Waals surface area (Å²) in [5.41, 5.74) is 2.72. The van der Waals surface area contributed by atoms with Gasteiger partial charge in [0.2, 0.25) is 5.89 Å². The van der Waals surface area contributed by atoms with E-state index in [1.165, 1.54) is 12.1 Å². The first-order valence-electron chi connectivity index (χ1n) is 8.76. The van der Waals surface area contributed by atoms with Crippen molar-refractivity contribution in [2.75, 3.05) is 5.32 Å². The number of hydrogen-bond donors (Lipinski definition) is 2. The molecule has 1 aromatic carbocycles. The fourth-order valence-corrected chi connectivity index (χ4v) is 3.29. The highest BCUT2D eigenvalue weighted by Gasteiger charge is 2.23. The number of aromatic nitrogens is 3. The van der Waals surface area contributed by atoms with Crippen LogP contribution in [0.5, 0.6) is 0 Å². The number of halogens is 2. The molecule has 148 valence electrons. The molecule has 10 heteroatoms. The Balaban J connectivity index is 1.56. The quantitative estimate of drug-likeness (QED) is 0.375. The number of anilines is 1. The van der Waals surface area contributed by atoms with Crippen LogP contribution in [0.3, 0.4) is 0 Å². The molecule has 0 bridgehead atoms. The van der Waals surface area contributed by atoms with E-state index in [4.69, 9.17) is 16.1 Å². The van der Waals surface area contributed by atoms with Gasteiger partial charge in [0.25, 0.3) is 0 Å². The Labute approximate surface area is 170 Å². The third-order valence-electron chi connectivity index (χ3n) is 4.42. The SMILES string of the molecule is Cc1noc(CN=C2Cc3c(/C(Cc4ccc(F)c(Cl)c4)=N/O)ccnc3N2)n1. The predicted molar refractivity (Wildman–Crippen MR) is 105 cm³/mol. The van der Waals surface area contributed by atoms with Crippen LogP contribution in [0.4, 0.5) is 10.2 Å². The van der Waals surface area contributed by atoms with Crippen molar-refractivity contribution in [3.63, 3.8) is 0 Å². The molecule has 3 heterocycles. The number of hydrogen-bond acceptors (Lipinski definition) is 7. The summed E-state index contributed by atoms with van der Waals surface area (Å²) >= 11 is 5.86. The van der Waals surface area contributed by atoms with Crippen molar-refractivity contribution in [2.45, 2.75) is 26.3 Å². The van der Waals surface area contributed by atoms with Crippen molar-refractivity contribution in [3.05, 3.63) is 69.7 Å². The van der Waals surface area contributed by atoms with Gasteiger partial charge in [-0.15, -0.1) is 0 Å². The number of nitrogens with one attached hydrogen (secondary N) is 1. The molecule has 0 fully saturated rings. The van der Waals surface area contributed by atoms with Crippen molar-refractivity contribution in [2.24, 2.45) is 10.1 Å². The van der Waals surface area contributed by atoms with Crippen molar-refractivity contribution < 1.29 is 14.1 Å². The maximum absolute atomic E-state index is 13.4. The Hall–Kier alpha value is -3.33. The highest BCUT2D eigenvalue weighted by molar-refractivity contribution is 6.30. The molecule has 2 N–H and O–H groups in total. The number of amidine groups is 1. The van der Waals surface area contributed by atoms with E-state index in [0.717, 1.165) is 16.7 Å². The molecule has 8 nitrogen and oxygen atoms in total. The van der Waals surface area contributed by atoms with Gasteiger partial charge in [0.15, 0.2) is 5.82 Å². The van der Waals surface area contributed by atoms with Gasteiger partial charge in [0, 0.05) is 30.2 Å². The fourth-order valence-electron chi connectivity index (χ4n) is 3.09. The largest absolute Gasteiger partial charge is 0.411 e. The summed E-state index contributed by atoms with van der Waals surface area (Å²) in [6, 6.07) is 6.17. The van der Waals surface area contributed by atoms with Gasteiger partial charge in [0.05, 0.1) is 10.7 Å². The van der Waals surface area contributed by atoms with Gasteiger partial charge >= 0.3 is 0 Å². The van der Waals surface area contributed by atoms with E-state index in [1.807, 2.05) is 0 Å². The third kappa shape index (κ3) is 4.09. The zero-order valence-corrected chi connectivity index (χ0v) is 16.1. The van der Waals surface area contributed by atoms with Gasteiger partial charge in [-0.25, -0.2) is 9.37 Å². The zero-order valence-electron chi connectivity index (χ0n) is 15.4. The number of oxime groups is 1. The molecular formula is C19H16ClFN6O2. The number of rotatable bonds is 5. The van der Waals surface area contributed by atoms with E-state index >= 15 is 0 Å². The molecule has 0 atom stereocenters. The van der Waals surface area contributed by atoms with Crippen LogP contribution in [-0.2, 0) is 19.4 Å². The van der Waals surface area contributed by atoms with E-state index in [1.54, 1.807) is 25.3 Å². The molecule has 0 saturated carbocycles. The molecule has 0 saturated heterocycles. The third-order valence-corrected chi connectivity index (χ3v) is 4.71. The van der Waals surface area contributed by atoms with Crippen LogP contribution in [0.2, 0.25) is 5.02 Å². The maximum atomic E-state index is 13.4. The van der Waals surface area contributed by atoms with Gasteiger partial charge in [0.1, 0.15) is 24.0 Å². The topological polar surface area (TPSA) is 109 Å². The van der Waals surface area contributed by atoms with Gasteiger partial charge in [-0.05, 0) is 30.7 Å². The summed E-state index contributed by atoms with van der Waals surface area (Å²) in [5.74, 6) is 1.81. The lowest BCUT2D eigenvalue weighted by Gasteiger charge is -2.09. The number of pyridine rings is 1. The lowest BCUT2D eigenvalue weighted by atomic mass is 9.98. The van der Waals surface area contributed by atoms with Crippen LogP contribution < -0.4 is 5.32 Å². The summed E-state index contributed by atoms with van der Waals surface area (Å²) in [6.07, 6.45) is 2.38. The number of fused-ring (bicyclic) bond motifs is 1. The monoisotopic (exact) mass is 414 g/mol. The summed E-state index contributed by atoms with van der Waals surface area (Å²) in [7, 11) is 0. The minimum Gasteiger partial charge on any atom is -0.411 e.